The zero-order valence-electron chi connectivity index (χ0n) is 20.7. The zero-order chi connectivity index (χ0) is 25.1. The lowest BCUT2D eigenvalue weighted by atomic mass is 9.96. The standard InChI is InChI=1S/C27H29N3O3S2/c1-6-8-23(31)32-18(5)33-25(26-16(3)29-17(4)35-26)21(13-28)27-30-22(14-34-27)24-15(2)11-12-19-9-7-10-20(19)24/h11-12,14,18H,6-10H2,1-5H3. The Hall–Kier alpha value is -3.02. The Morgan fingerprint density at radius 2 is 2.00 bits per heavy atom. The summed E-state index contributed by atoms with van der Waals surface area (Å²) in [5.41, 5.74) is 7.08. The molecule has 182 valence electrons. The van der Waals surface area contributed by atoms with Crippen LogP contribution in [-0.4, -0.2) is 22.2 Å². The summed E-state index contributed by atoms with van der Waals surface area (Å²) in [5.74, 6) is 0.0170. The van der Waals surface area contributed by atoms with Gasteiger partial charge < -0.3 is 9.47 Å². The van der Waals surface area contributed by atoms with E-state index in [9.17, 15) is 10.1 Å². The number of allylic oxidation sites excluding steroid dienone is 1. The predicted molar refractivity (Wildman–Crippen MR) is 140 cm³/mol. The molecule has 8 heteroatoms. The number of nitriles is 1. The minimum atomic E-state index is -0.853. The van der Waals surface area contributed by atoms with E-state index in [1.807, 2.05) is 26.2 Å². The van der Waals surface area contributed by atoms with Crippen molar-refractivity contribution in [3.8, 4) is 17.3 Å². The fourth-order valence-corrected chi connectivity index (χ4v) is 6.16. The highest BCUT2D eigenvalue weighted by molar-refractivity contribution is 7.13. The SMILES string of the molecule is CCCC(=O)OC(C)OC(=C(C#N)c1nc(-c2c(C)ccc3c2CCC3)cs1)c1sc(C)nc1C. The maximum atomic E-state index is 12.0. The molecule has 1 aliphatic rings. The van der Waals surface area contributed by atoms with Crippen molar-refractivity contribution in [2.45, 2.75) is 73.0 Å². The van der Waals surface area contributed by atoms with Crippen LogP contribution in [0, 0.1) is 32.1 Å². The number of aryl methyl sites for hydroxylation is 4. The minimum Gasteiger partial charge on any atom is -0.452 e. The first-order valence-corrected chi connectivity index (χ1v) is 13.5. The zero-order valence-corrected chi connectivity index (χ0v) is 22.4. The van der Waals surface area contributed by atoms with Crippen molar-refractivity contribution in [2.24, 2.45) is 0 Å². The summed E-state index contributed by atoms with van der Waals surface area (Å²) in [6.07, 6.45) is 3.45. The quantitative estimate of drug-likeness (QED) is 0.145. The number of benzene rings is 1. The molecule has 6 nitrogen and oxygen atoms in total. The lowest BCUT2D eigenvalue weighted by Crippen LogP contribution is -2.18. The molecule has 1 atom stereocenters. The van der Waals surface area contributed by atoms with Crippen molar-refractivity contribution in [3.63, 3.8) is 0 Å². The van der Waals surface area contributed by atoms with Gasteiger partial charge in [-0.3, -0.25) is 4.79 Å². The van der Waals surface area contributed by atoms with Crippen LogP contribution < -0.4 is 0 Å². The van der Waals surface area contributed by atoms with Gasteiger partial charge in [-0.2, -0.15) is 5.26 Å². The first-order chi connectivity index (χ1) is 16.8. The number of rotatable bonds is 8. The molecule has 35 heavy (non-hydrogen) atoms. The Kier molecular flexibility index (Phi) is 7.68. The van der Waals surface area contributed by atoms with Gasteiger partial charge in [-0.1, -0.05) is 19.1 Å². The van der Waals surface area contributed by atoms with Crippen molar-refractivity contribution >= 4 is 40.0 Å². The molecule has 0 radical (unpaired) electrons. The Morgan fingerprint density at radius 1 is 1.20 bits per heavy atom. The molecular weight excluding hydrogens is 478 g/mol. The van der Waals surface area contributed by atoms with Gasteiger partial charge in [0, 0.05) is 24.3 Å². The van der Waals surface area contributed by atoms with Gasteiger partial charge in [-0.15, -0.1) is 22.7 Å². The molecule has 3 aromatic rings. The predicted octanol–water partition coefficient (Wildman–Crippen LogP) is 6.78. The second-order valence-corrected chi connectivity index (χ2v) is 10.7. The number of hydrogen-bond acceptors (Lipinski definition) is 8. The normalized spacial score (nSPS) is 14.2. The van der Waals surface area contributed by atoms with Gasteiger partial charge in [-0.05, 0) is 63.1 Å². The smallest absolute Gasteiger partial charge is 0.308 e. The van der Waals surface area contributed by atoms with Gasteiger partial charge in [0.05, 0.1) is 21.3 Å². The monoisotopic (exact) mass is 507 g/mol. The molecule has 0 saturated carbocycles. The van der Waals surface area contributed by atoms with Crippen molar-refractivity contribution in [3.05, 3.63) is 54.8 Å². The molecule has 2 aromatic heterocycles. The topological polar surface area (TPSA) is 85.1 Å². The molecule has 0 bridgehead atoms. The van der Waals surface area contributed by atoms with E-state index >= 15 is 0 Å². The molecule has 2 heterocycles. The maximum absolute atomic E-state index is 12.0. The van der Waals surface area contributed by atoms with Gasteiger partial charge in [0.2, 0.25) is 6.29 Å². The highest BCUT2D eigenvalue weighted by atomic mass is 32.1. The highest BCUT2D eigenvalue weighted by Gasteiger charge is 2.25. The summed E-state index contributed by atoms with van der Waals surface area (Å²) in [4.78, 5) is 22.2. The highest BCUT2D eigenvalue weighted by Crippen LogP contribution is 2.39. The molecule has 0 aliphatic heterocycles. The third-order valence-electron chi connectivity index (χ3n) is 5.95. The van der Waals surface area contributed by atoms with Gasteiger partial charge in [0.25, 0.3) is 0 Å². The number of carbonyl (C=O) groups is 1. The second-order valence-electron chi connectivity index (χ2n) is 8.68. The number of nitrogens with zero attached hydrogens (tertiary/aromatic N) is 3. The molecule has 1 unspecified atom stereocenters. The largest absolute Gasteiger partial charge is 0.452 e. The fraction of sp³-hybridized carbons (Fsp3) is 0.407. The molecule has 1 aliphatic carbocycles. The summed E-state index contributed by atoms with van der Waals surface area (Å²) in [7, 11) is 0. The Balaban J connectivity index is 1.78. The molecule has 1 aromatic carbocycles. The van der Waals surface area contributed by atoms with E-state index < -0.39 is 6.29 Å². The van der Waals surface area contributed by atoms with E-state index in [2.05, 4.69) is 30.1 Å². The molecule has 0 spiro atoms. The summed E-state index contributed by atoms with van der Waals surface area (Å²) in [6.45, 7) is 9.48. The number of hydrogen-bond donors (Lipinski definition) is 0. The minimum absolute atomic E-state index is 0.313. The van der Waals surface area contributed by atoms with Crippen LogP contribution in [0.15, 0.2) is 17.5 Å². The van der Waals surface area contributed by atoms with Crippen molar-refractivity contribution in [1.29, 1.82) is 5.26 Å². The molecule has 0 N–H and O–H groups in total. The third-order valence-corrected chi connectivity index (χ3v) is 7.88. The van der Waals surface area contributed by atoms with Crippen LogP contribution in [0.25, 0.3) is 22.6 Å². The number of aromatic nitrogens is 2. The van der Waals surface area contributed by atoms with Crippen LogP contribution in [0.2, 0.25) is 0 Å². The van der Waals surface area contributed by atoms with Gasteiger partial charge >= 0.3 is 5.97 Å². The Morgan fingerprint density at radius 3 is 2.69 bits per heavy atom. The average molecular weight is 508 g/mol. The van der Waals surface area contributed by atoms with Gasteiger partial charge in [0.15, 0.2) is 5.76 Å². The van der Waals surface area contributed by atoms with E-state index in [0.29, 0.717) is 29.2 Å². The molecular formula is C27H29N3O3S2. The van der Waals surface area contributed by atoms with Crippen LogP contribution in [0.5, 0.6) is 0 Å². The second kappa shape index (κ2) is 10.7. The summed E-state index contributed by atoms with van der Waals surface area (Å²) < 4.78 is 11.5. The lowest BCUT2D eigenvalue weighted by Gasteiger charge is -2.18. The maximum Gasteiger partial charge on any atom is 0.308 e. The van der Waals surface area contributed by atoms with Crippen LogP contribution in [0.1, 0.15) is 70.4 Å². The van der Waals surface area contributed by atoms with E-state index in [-0.39, 0.29) is 5.97 Å². The first kappa shape index (κ1) is 25.1. The van der Waals surface area contributed by atoms with E-state index in [4.69, 9.17) is 14.5 Å². The van der Waals surface area contributed by atoms with Crippen LogP contribution in [-0.2, 0) is 27.1 Å². The number of carbonyl (C=O) groups excluding carboxylic acids is 1. The molecule has 0 amide bonds. The van der Waals surface area contributed by atoms with Gasteiger partial charge in [0.1, 0.15) is 16.6 Å². The van der Waals surface area contributed by atoms with Crippen LogP contribution in [0.3, 0.4) is 0 Å². The summed E-state index contributed by atoms with van der Waals surface area (Å²) >= 11 is 2.87. The van der Waals surface area contributed by atoms with E-state index in [0.717, 1.165) is 40.5 Å². The molecule has 0 saturated heterocycles. The van der Waals surface area contributed by atoms with Crippen molar-refractivity contribution in [1.82, 2.24) is 9.97 Å². The van der Waals surface area contributed by atoms with Gasteiger partial charge in [-0.25, -0.2) is 9.97 Å². The van der Waals surface area contributed by atoms with Crippen molar-refractivity contribution in [2.75, 3.05) is 0 Å². The Labute approximate surface area is 214 Å². The Bertz CT molecular complexity index is 1330. The first-order valence-electron chi connectivity index (χ1n) is 11.8. The molecule has 4 rings (SSSR count). The molecule has 0 fully saturated rings. The number of thiazole rings is 2. The average Bonchev–Trinajstić information content (AvgIpc) is 3.54. The summed E-state index contributed by atoms with van der Waals surface area (Å²) in [5, 5.41) is 13.7. The summed E-state index contributed by atoms with van der Waals surface area (Å²) in [6, 6.07) is 6.69. The lowest BCUT2D eigenvalue weighted by molar-refractivity contribution is -0.164. The van der Waals surface area contributed by atoms with Crippen molar-refractivity contribution < 1.29 is 14.3 Å². The third kappa shape index (κ3) is 5.31. The van der Waals surface area contributed by atoms with E-state index in [1.165, 1.54) is 44.9 Å². The van der Waals surface area contributed by atoms with Crippen LogP contribution in [0.4, 0.5) is 0 Å². The van der Waals surface area contributed by atoms with E-state index in [1.54, 1.807) is 6.92 Å². The fourth-order valence-electron chi connectivity index (χ4n) is 4.45. The number of esters is 1. The number of fused-ring (bicyclic) bond motifs is 1. The van der Waals surface area contributed by atoms with Crippen LogP contribution >= 0.6 is 22.7 Å². The number of ether oxygens (including phenoxy) is 2.